The first kappa shape index (κ1) is 16.1. The number of ether oxygens (including phenoxy) is 1. The van der Waals surface area contributed by atoms with Crippen LogP contribution in [0.25, 0.3) is 0 Å². The van der Waals surface area contributed by atoms with E-state index < -0.39 is 0 Å². The predicted molar refractivity (Wildman–Crippen MR) is 85.0 cm³/mol. The van der Waals surface area contributed by atoms with Gasteiger partial charge in [0.2, 0.25) is 5.89 Å². The molecule has 0 aliphatic carbocycles. The van der Waals surface area contributed by atoms with Crippen LogP contribution < -0.4 is 0 Å². The second kappa shape index (κ2) is 7.23. The van der Waals surface area contributed by atoms with E-state index in [0.29, 0.717) is 11.7 Å². The summed E-state index contributed by atoms with van der Waals surface area (Å²) in [5, 5.41) is 3.92. The van der Waals surface area contributed by atoms with Gasteiger partial charge in [0.15, 0.2) is 5.82 Å². The van der Waals surface area contributed by atoms with Gasteiger partial charge in [0.25, 0.3) is 0 Å². The number of likely N-dealkylation sites (tertiary alicyclic amines) is 1. The lowest BCUT2D eigenvalue weighted by atomic mass is 10.2. The maximum absolute atomic E-state index is 5.54. The molecule has 1 saturated heterocycles. The number of methoxy groups -OCH3 is 1. The second-order valence-corrected chi connectivity index (χ2v) is 6.16. The number of nitrogens with zero attached hydrogens (tertiary/aromatic N) is 5. The predicted octanol–water partition coefficient (Wildman–Crippen LogP) is 2.13. The Hall–Kier alpha value is -1.73. The first-order valence-electron chi connectivity index (χ1n) is 8.22. The highest BCUT2D eigenvalue weighted by molar-refractivity contribution is 4.98. The minimum atomic E-state index is 0.177. The Bertz CT molecular complexity index is 624. The maximum atomic E-state index is 5.54. The minimum absolute atomic E-state index is 0.177. The van der Waals surface area contributed by atoms with Crippen molar-refractivity contribution in [3.05, 3.63) is 29.9 Å². The van der Waals surface area contributed by atoms with Crippen LogP contribution in [0.1, 0.15) is 42.8 Å². The van der Waals surface area contributed by atoms with Gasteiger partial charge in [-0.05, 0) is 39.7 Å². The Kier molecular flexibility index (Phi) is 5.07. The minimum Gasteiger partial charge on any atom is -0.380 e. The van der Waals surface area contributed by atoms with Crippen LogP contribution in [0.5, 0.6) is 0 Å². The Labute approximate surface area is 136 Å². The second-order valence-electron chi connectivity index (χ2n) is 6.16. The van der Waals surface area contributed by atoms with Crippen molar-refractivity contribution < 1.29 is 9.26 Å². The highest BCUT2D eigenvalue weighted by atomic mass is 16.5. The standard InChI is InChI=1S/C16H25N5O2/c1-12-18-16(23-19-12)15-10-14(22-3)11-21(15)8-5-4-7-20-9-6-17-13(20)2/h6,9,14-15H,4-5,7-8,10-11H2,1-3H3/t14-,15+/m0/s1. The van der Waals surface area contributed by atoms with Crippen molar-refractivity contribution in [3.8, 4) is 0 Å². The van der Waals surface area contributed by atoms with Crippen LogP contribution in [0.15, 0.2) is 16.9 Å². The quantitative estimate of drug-likeness (QED) is 0.728. The van der Waals surface area contributed by atoms with E-state index in [2.05, 4.69) is 24.6 Å². The van der Waals surface area contributed by atoms with Crippen molar-refractivity contribution >= 4 is 0 Å². The van der Waals surface area contributed by atoms with E-state index in [1.165, 1.54) is 0 Å². The zero-order valence-corrected chi connectivity index (χ0v) is 14.1. The molecule has 0 radical (unpaired) electrons. The average molecular weight is 319 g/mol. The van der Waals surface area contributed by atoms with Gasteiger partial charge in [-0.25, -0.2) is 4.98 Å². The maximum Gasteiger partial charge on any atom is 0.244 e. The van der Waals surface area contributed by atoms with Crippen molar-refractivity contribution in [1.29, 1.82) is 0 Å². The molecule has 0 N–H and O–H groups in total. The number of aromatic nitrogens is 4. The molecule has 126 valence electrons. The van der Waals surface area contributed by atoms with Crippen molar-refractivity contribution in [2.24, 2.45) is 0 Å². The molecule has 3 heterocycles. The molecule has 2 aromatic rings. The molecule has 1 aliphatic heterocycles. The number of hydrogen-bond acceptors (Lipinski definition) is 6. The zero-order valence-electron chi connectivity index (χ0n) is 14.1. The van der Waals surface area contributed by atoms with E-state index in [1.807, 2.05) is 26.2 Å². The van der Waals surface area contributed by atoms with Gasteiger partial charge in [0.05, 0.1) is 12.1 Å². The molecule has 3 rings (SSSR count). The van der Waals surface area contributed by atoms with Crippen LogP contribution in [-0.2, 0) is 11.3 Å². The van der Waals surface area contributed by atoms with Crippen molar-refractivity contribution in [3.63, 3.8) is 0 Å². The topological polar surface area (TPSA) is 69.2 Å². The molecule has 2 atom stereocenters. The molecule has 1 aliphatic rings. The SMILES string of the molecule is CO[C@H]1C[C@H](c2nc(C)no2)N(CCCCn2ccnc2C)C1. The van der Waals surface area contributed by atoms with Gasteiger partial charge in [-0.15, -0.1) is 0 Å². The lowest BCUT2D eigenvalue weighted by Crippen LogP contribution is -2.26. The van der Waals surface area contributed by atoms with E-state index in [-0.39, 0.29) is 12.1 Å². The summed E-state index contributed by atoms with van der Waals surface area (Å²) in [5.41, 5.74) is 0. The molecule has 23 heavy (non-hydrogen) atoms. The Morgan fingerprint density at radius 1 is 1.30 bits per heavy atom. The van der Waals surface area contributed by atoms with Crippen LogP contribution in [-0.4, -0.2) is 50.9 Å². The molecule has 0 saturated carbocycles. The van der Waals surface area contributed by atoms with Crippen LogP contribution in [0.3, 0.4) is 0 Å². The summed E-state index contributed by atoms with van der Waals surface area (Å²) in [4.78, 5) is 11.1. The summed E-state index contributed by atoms with van der Waals surface area (Å²) in [7, 11) is 1.77. The van der Waals surface area contributed by atoms with Crippen molar-refractivity contribution in [1.82, 2.24) is 24.6 Å². The molecule has 7 heteroatoms. The normalized spacial score (nSPS) is 22.0. The van der Waals surface area contributed by atoms with Crippen LogP contribution in [0, 0.1) is 13.8 Å². The average Bonchev–Trinajstić information content (AvgIpc) is 3.24. The van der Waals surface area contributed by atoms with Crippen LogP contribution in [0.2, 0.25) is 0 Å². The molecular weight excluding hydrogens is 294 g/mol. The third-order valence-electron chi connectivity index (χ3n) is 4.54. The van der Waals surface area contributed by atoms with Crippen LogP contribution >= 0.6 is 0 Å². The van der Waals surface area contributed by atoms with Crippen LogP contribution in [0.4, 0.5) is 0 Å². The molecule has 0 aromatic carbocycles. The van der Waals surface area contributed by atoms with E-state index in [0.717, 1.165) is 44.7 Å². The summed E-state index contributed by atoms with van der Waals surface area (Å²) < 4.78 is 13.1. The molecule has 2 aromatic heterocycles. The lowest BCUT2D eigenvalue weighted by Gasteiger charge is -2.21. The summed E-state index contributed by atoms with van der Waals surface area (Å²) >= 11 is 0. The van der Waals surface area contributed by atoms with E-state index in [9.17, 15) is 0 Å². The van der Waals surface area contributed by atoms with Gasteiger partial charge in [0, 0.05) is 32.6 Å². The number of rotatable bonds is 7. The third-order valence-corrected chi connectivity index (χ3v) is 4.54. The molecular formula is C16H25N5O2. The Morgan fingerprint density at radius 2 is 2.13 bits per heavy atom. The monoisotopic (exact) mass is 319 g/mol. The smallest absolute Gasteiger partial charge is 0.244 e. The number of hydrogen-bond donors (Lipinski definition) is 0. The molecule has 0 bridgehead atoms. The van der Waals surface area contributed by atoms with Gasteiger partial charge >= 0.3 is 0 Å². The fourth-order valence-corrected chi connectivity index (χ4v) is 3.22. The first-order valence-corrected chi connectivity index (χ1v) is 8.22. The highest BCUT2D eigenvalue weighted by Gasteiger charge is 2.36. The van der Waals surface area contributed by atoms with E-state index in [1.54, 1.807) is 7.11 Å². The largest absolute Gasteiger partial charge is 0.380 e. The van der Waals surface area contributed by atoms with Gasteiger partial charge in [0.1, 0.15) is 5.82 Å². The molecule has 0 spiro atoms. The molecule has 1 fully saturated rings. The van der Waals surface area contributed by atoms with Gasteiger partial charge in [-0.2, -0.15) is 4.98 Å². The van der Waals surface area contributed by atoms with Gasteiger partial charge < -0.3 is 13.8 Å². The third kappa shape index (κ3) is 3.79. The summed E-state index contributed by atoms with van der Waals surface area (Å²) in [6, 6.07) is 0.177. The van der Waals surface area contributed by atoms with Crippen molar-refractivity contribution in [2.75, 3.05) is 20.2 Å². The van der Waals surface area contributed by atoms with E-state index >= 15 is 0 Å². The van der Waals surface area contributed by atoms with Crippen molar-refractivity contribution in [2.45, 2.75) is 51.8 Å². The summed E-state index contributed by atoms with van der Waals surface area (Å²) in [5.74, 6) is 2.48. The highest BCUT2D eigenvalue weighted by Crippen LogP contribution is 2.32. The Morgan fingerprint density at radius 3 is 2.78 bits per heavy atom. The zero-order chi connectivity index (χ0) is 16.2. The number of aryl methyl sites for hydroxylation is 3. The molecule has 0 unspecified atom stereocenters. The molecule has 7 nitrogen and oxygen atoms in total. The lowest BCUT2D eigenvalue weighted by molar-refractivity contribution is 0.108. The first-order chi connectivity index (χ1) is 11.2. The Balaban J connectivity index is 1.53. The summed E-state index contributed by atoms with van der Waals surface area (Å²) in [6.07, 6.45) is 7.29. The molecule has 0 amide bonds. The van der Waals surface area contributed by atoms with Gasteiger partial charge in [-0.1, -0.05) is 5.16 Å². The number of imidazole rings is 1. The van der Waals surface area contributed by atoms with Gasteiger partial charge in [-0.3, -0.25) is 4.90 Å². The fraction of sp³-hybridized carbons (Fsp3) is 0.688. The van der Waals surface area contributed by atoms with E-state index in [4.69, 9.17) is 9.26 Å². The summed E-state index contributed by atoms with van der Waals surface area (Å²) in [6.45, 7) is 6.84. The number of unbranched alkanes of at least 4 members (excludes halogenated alkanes) is 1. The fourth-order valence-electron chi connectivity index (χ4n) is 3.22.